The highest BCUT2D eigenvalue weighted by Crippen LogP contribution is 2.22. The number of aryl methyl sites for hydroxylation is 1. The summed E-state index contributed by atoms with van der Waals surface area (Å²) in [5.41, 5.74) is 2.42. The monoisotopic (exact) mass is 464 g/mol. The first-order valence-electron chi connectivity index (χ1n) is 9.77. The number of sulfone groups is 1. The number of hydrogen-bond acceptors (Lipinski definition) is 5. The summed E-state index contributed by atoms with van der Waals surface area (Å²) in [4.78, 5) is 16.9. The Labute approximate surface area is 189 Å². The van der Waals surface area contributed by atoms with Crippen LogP contribution in [0.15, 0.2) is 100.0 Å². The largest absolute Gasteiger partial charge is 0.343 e. The van der Waals surface area contributed by atoms with Gasteiger partial charge in [-0.25, -0.2) is 13.2 Å². The normalized spacial score (nSPS) is 12.0. The van der Waals surface area contributed by atoms with E-state index in [1.807, 2.05) is 43.3 Å². The summed E-state index contributed by atoms with van der Waals surface area (Å²) in [5.74, 6) is 0. The molecular formula is C23H20N4O3S2. The third-order valence-electron chi connectivity index (χ3n) is 4.66. The molecule has 3 aromatic carbocycles. The molecule has 32 heavy (non-hydrogen) atoms. The van der Waals surface area contributed by atoms with Crippen molar-refractivity contribution in [2.45, 2.75) is 23.5 Å². The lowest BCUT2D eigenvalue weighted by atomic mass is 10.2. The van der Waals surface area contributed by atoms with Crippen LogP contribution < -0.4 is 10.1 Å². The number of amides is 2. The van der Waals surface area contributed by atoms with Crippen LogP contribution in [0.25, 0.3) is 5.69 Å². The Kier molecular flexibility index (Phi) is 6.29. The predicted octanol–water partition coefficient (Wildman–Crippen LogP) is 3.89. The molecular weight excluding hydrogens is 444 g/mol. The van der Waals surface area contributed by atoms with Gasteiger partial charge >= 0.3 is 6.03 Å². The van der Waals surface area contributed by atoms with Crippen molar-refractivity contribution in [3.8, 4) is 5.69 Å². The van der Waals surface area contributed by atoms with Crippen molar-refractivity contribution in [3.05, 3.63) is 101 Å². The Bertz CT molecular complexity index is 1390. The first-order valence-corrected chi connectivity index (χ1v) is 12.0. The lowest BCUT2D eigenvalue weighted by Crippen LogP contribution is -2.25. The maximum absolute atomic E-state index is 13.3. The second kappa shape index (κ2) is 9.29. The number of urea groups is 1. The van der Waals surface area contributed by atoms with E-state index in [9.17, 15) is 13.2 Å². The van der Waals surface area contributed by atoms with Gasteiger partial charge in [0.2, 0.25) is 19.8 Å². The molecule has 0 aliphatic heterocycles. The lowest BCUT2D eigenvalue weighted by molar-refractivity contribution is 0.248. The van der Waals surface area contributed by atoms with Crippen LogP contribution in [0.3, 0.4) is 0 Å². The molecule has 2 amide bonds. The Morgan fingerprint density at radius 3 is 2.25 bits per heavy atom. The predicted molar refractivity (Wildman–Crippen MR) is 122 cm³/mol. The van der Waals surface area contributed by atoms with E-state index >= 15 is 0 Å². The molecule has 0 atom stereocenters. The minimum absolute atomic E-state index is 0.123. The van der Waals surface area contributed by atoms with Crippen molar-refractivity contribution in [1.29, 1.82) is 0 Å². The van der Waals surface area contributed by atoms with Crippen molar-refractivity contribution in [2.75, 3.05) is 0 Å². The first kappa shape index (κ1) is 21.7. The average Bonchev–Trinajstić information content (AvgIpc) is 3.23. The van der Waals surface area contributed by atoms with Crippen molar-refractivity contribution in [2.24, 2.45) is 4.99 Å². The molecule has 7 nitrogen and oxygen atoms in total. The quantitative estimate of drug-likeness (QED) is 0.485. The van der Waals surface area contributed by atoms with Crippen LogP contribution in [0, 0.1) is 6.92 Å². The van der Waals surface area contributed by atoms with Crippen LogP contribution >= 0.6 is 11.5 Å². The molecule has 1 heterocycles. The summed E-state index contributed by atoms with van der Waals surface area (Å²) in [5, 5.41) is 2.53. The van der Waals surface area contributed by atoms with Crippen molar-refractivity contribution < 1.29 is 13.2 Å². The summed E-state index contributed by atoms with van der Waals surface area (Å²) in [6.07, 6.45) is 0. The molecule has 0 saturated carbocycles. The van der Waals surface area contributed by atoms with Gasteiger partial charge in [-0.15, -0.1) is 0 Å². The van der Waals surface area contributed by atoms with E-state index in [-0.39, 0.29) is 14.9 Å². The molecule has 0 bridgehead atoms. The summed E-state index contributed by atoms with van der Waals surface area (Å²) in [6.45, 7) is 2.19. The number of nitrogens with zero attached hydrogens (tertiary/aromatic N) is 3. The number of hydrogen-bond donors (Lipinski definition) is 1. The van der Waals surface area contributed by atoms with Crippen LogP contribution in [0.2, 0.25) is 0 Å². The van der Waals surface area contributed by atoms with Gasteiger partial charge in [0.05, 0.1) is 10.6 Å². The second-order valence-electron chi connectivity index (χ2n) is 6.99. The summed E-state index contributed by atoms with van der Waals surface area (Å²) in [7, 11) is -3.93. The zero-order valence-corrected chi connectivity index (χ0v) is 18.8. The van der Waals surface area contributed by atoms with Gasteiger partial charge in [0.15, 0.2) is 0 Å². The molecule has 0 aliphatic rings. The molecule has 0 spiro atoms. The topological polar surface area (TPSA) is 93.4 Å². The molecule has 0 fully saturated rings. The maximum Gasteiger partial charge on any atom is 0.343 e. The molecule has 0 saturated heterocycles. The van der Waals surface area contributed by atoms with E-state index in [0.29, 0.717) is 12.2 Å². The molecule has 1 aromatic heterocycles. The fourth-order valence-corrected chi connectivity index (χ4v) is 5.34. The Balaban J connectivity index is 1.75. The minimum Gasteiger partial charge on any atom is -0.332 e. The van der Waals surface area contributed by atoms with Crippen molar-refractivity contribution >= 4 is 27.4 Å². The van der Waals surface area contributed by atoms with Crippen LogP contribution in [0.4, 0.5) is 4.79 Å². The van der Waals surface area contributed by atoms with E-state index in [0.717, 1.165) is 22.7 Å². The van der Waals surface area contributed by atoms with Crippen LogP contribution in [-0.4, -0.2) is 23.4 Å². The van der Waals surface area contributed by atoms with Gasteiger partial charge in [0, 0.05) is 18.1 Å². The van der Waals surface area contributed by atoms with E-state index in [1.165, 1.54) is 4.57 Å². The number of para-hydroxylation sites is 1. The fourth-order valence-electron chi connectivity index (χ4n) is 3.00. The van der Waals surface area contributed by atoms with Crippen molar-refractivity contribution in [3.63, 3.8) is 0 Å². The van der Waals surface area contributed by atoms with Gasteiger partial charge in [-0.3, -0.25) is 4.57 Å². The number of carbonyl (C=O) groups is 1. The average molecular weight is 465 g/mol. The van der Waals surface area contributed by atoms with Crippen LogP contribution in [0.1, 0.15) is 11.1 Å². The molecule has 0 unspecified atom stereocenters. The van der Waals surface area contributed by atoms with Gasteiger partial charge in [-0.2, -0.15) is 9.37 Å². The molecule has 9 heteroatoms. The minimum atomic E-state index is -3.93. The van der Waals surface area contributed by atoms with E-state index in [1.54, 1.807) is 48.5 Å². The SMILES string of the molecule is Cc1ccc(S(=O)(=O)c2ns/c(=N\C(=O)NCc3ccccc3)n2-c2ccccc2)cc1. The zero-order valence-electron chi connectivity index (χ0n) is 17.2. The van der Waals surface area contributed by atoms with Gasteiger partial charge < -0.3 is 5.32 Å². The summed E-state index contributed by atoms with van der Waals surface area (Å²) in [6, 6.07) is 24.3. The number of carbonyl (C=O) groups excluding carboxylic acids is 1. The Morgan fingerprint density at radius 1 is 0.969 bits per heavy atom. The Morgan fingerprint density at radius 2 is 1.59 bits per heavy atom. The maximum atomic E-state index is 13.3. The lowest BCUT2D eigenvalue weighted by Gasteiger charge is -2.08. The van der Waals surface area contributed by atoms with Gasteiger partial charge in [-0.05, 0) is 36.8 Å². The number of nitrogens with one attached hydrogen (secondary N) is 1. The summed E-state index contributed by atoms with van der Waals surface area (Å²) < 4.78 is 32.2. The second-order valence-corrected chi connectivity index (χ2v) is 9.57. The highest BCUT2D eigenvalue weighted by Gasteiger charge is 2.26. The first-order chi connectivity index (χ1) is 15.4. The van der Waals surface area contributed by atoms with E-state index < -0.39 is 15.9 Å². The molecule has 1 N–H and O–H groups in total. The third kappa shape index (κ3) is 4.68. The highest BCUT2D eigenvalue weighted by molar-refractivity contribution is 7.91. The zero-order chi connectivity index (χ0) is 22.6. The molecule has 0 radical (unpaired) electrons. The Hall–Kier alpha value is -3.56. The number of rotatable bonds is 5. The number of benzene rings is 3. The molecule has 0 aliphatic carbocycles. The van der Waals surface area contributed by atoms with E-state index in [2.05, 4.69) is 14.7 Å². The van der Waals surface area contributed by atoms with Crippen molar-refractivity contribution in [1.82, 2.24) is 14.3 Å². The van der Waals surface area contributed by atoms with Gasteiger partial charge in [-0.1, -0.05) is 66.2 Å². The smallest absolute Gasteiger partial charge is 0.332 e. The van der Waals surface area contributed by atoms with Gasteiger partial charge in [0.1, 0.15) is 0 Å². The molecule has 4 rings (SSSR count). The summed E-state index contributed by atoms with van der Waals surface area (Å²) >= 11 is 0.852. The number of aromatic nitrogens is 2. The molecule has 162 valence electrons. The highest BCUT2D eigenvalue weighted by atomic mass is 32.2. The van der Waals surface area contributed by atoms with E-state index in [4.69, 9.17) is 0 Å². The standard InChI is InChI=1S/C23H20N4O3S2/c1-17-12-14-20(15-13-17)32(29,30)23-26-31-22(27(23)19-10-6-3-7-11-19)25-21(28)24-16-18-8-4-2-5-9-18/h2-15H,16H2,1H3,(H,24,28)/b25-22-. The fraction of sp³-hybridized carbons (Fsp3) is 0.0870. The third-order valence-corrected chi connectivity index (χ3v) is 7.12. The molecule has 4 aromatic rings. The van der Waals surface area contributed by atoms with Crippen LogP contribution in [0.5, 0.6) is 0 Å². The van der Waals surface area contributed by atoms with Crippen LogP contribution in [-0.2, 0) is 16.4 Å². The van der Waals surface area contributed by atoms with Gasteiger partial charge in [0.25, 0.3) is 0 Å².